The molecule has 2 rings (SSSR count). The molecule has 0 saturated carbocycles. The molecule has 0 fully saturated rings. The van der Waals surface area contributed by atoms with Crippen molar-refractivity contribution in [3.05, 3.63) is 34.1 Å². The van der Waals surface area contributed by atoms with Gasteiger partial charge in [-0.1, -0.05) is 54.0 Å². The maximum atomic E-state index is 5.40. The van der Waals surface area contributed by atoms with Crippen LogP contribution in [0.15, 0.2) is 27.2 Å². The summed E-state index contributed by atoms with van der Waals surface area (Å²) in [6.07, 6.45) is 0.755. The van der Waals surface area contributed by atoms with E-state index in [0.29, 0.717) is 23.7 Å². The minimum atomic E-state index is 0.355. The Kier molecular flexibility index (Phi) is 5.53. The van der Waals surface area contributed by atoms with Crippen LogP contribution in [0.25, 0.3) is 11.4 Å². The van der Waals surface area contributed by atoms with E-state index in [9.17, 15) is 0 Å². The molecule has 0 saturated heterocycles. The second kappa shape index (κ2) is 7.18. The lowest BCUT2D eigenvalue weighted by Crippen LogP contribution is -2.35. The number of hydrogen-bond acceptors (Lipinski definition) is 4. The van der Waals surface area contributed by atoms with Gasteiger partial charge in [-0.3, -0.25) is 0 Å². The molecule has 1 heterocycles. The first-order valence-electron chi connectivity index (χ1n) is 7.33. The first-order valence-corrected chi connectivity index (χ1v) is 8.13. The fraction of sp³-hybridized carbons (Fsp3) is 0.500. The first-order chi connectivity index (χ1) is 10.0. The molecule has 21 heavy (non-hydrogen) atoms. The number of aromatic nitrogens is 2. The van der Waals surface area contributed by atoms with Crippen molar-refractivity contribution >= 4 is 15.9 Å². The van der Waals surface area contributed by atoms with Gasteiger partial charge in [0.15, 0.2) is 0 Å². The zero-order chi connectivity index (χ0) is 15.4. The fourth-order valence-electron chi connectivity index (χ4n) is 2.18. The highest BCUT2D eigenvalue weighted by Gasteiger charge is 2.17. The van der Waals surface area contributed by atoms with Crippen molar-refractivity contribution in [1.82, 2.24) is 15.5 Å². The molecule has 0 aliphatic heterocycles. The number of nitrogens with one attached hydrogen (secondary N) is 1. The van der Waals surface area contributed by atoms with Gasteiger partial charge in [0.1, 0.15) is 0 Å². The molecule has 1 aromatic heterocycles. The van der Waals surface area contributed by atoms with Crippen LogP contribution in [-0.4, -0.2) is 22.7 Å². The van der Waals surface area contributed by atoms with Crippen molar-refractivity contribution in [1.29, 1.82) is 0 Å². The van der Waals surface area contributed by atoms with Gasteiger partial charge in [0, 0.05) is 22.5 Å². The second-order valence-corrected chi connectivity index (χ2v) is 6.44. The summed E-state index contributed by atoms with van der Waals surface area (Å²) in [6.45, 7) is 9.50. The Balaban J connectivity index is 2.15. The maximum Gasteiger partial charge on any atom is 0.228 e. The molecule has 0 radical (unpaired) electrons. The number of benzene rings is 1. The van der Waals surface area contributed by atoms with Crippen LogP contribution in [0.1, 0.15) is 32.2 Å². The minimum absolute atomic E-state index is 0.355. The van der Waals surface area contributed by atoms with Gasteiger partial charge in [0.2, 0.25) is 11.7 Å². The number of hydrogen-bond donors (Lipinski definition) is 1. The fourth-order valence-corrected chi connectivity index (χ4v) is 2.56. The van der Waals surface area contributed by atoms with Crippen LogP contribution in [0, 0.1) is 12.8 Å². The molecule has 1 unspecified atom stereocenters. The average Bonchev–Trinajstić information content (AvgIpc) is 2.90. The van der Waals surface area contributed by atoms with Crippen LogP contribution < -0.4 is 5.32 Å². The molecule has 0 amide bonds. The summed E-state index contributed by atoms with van der Waals surface area (Å²) in [4.78, 5) is 4.52. The number of nitrogens with zero attached hydrogens (tertiary/aromatic N) is 2. The van der Waals surface area contributed by atoms with E-state index in [0.717, 1.165) is 23.0 Å². The molecule has 0 aliphatic carbocycles. The van der Waals surface area contributed by atoms with Crippen LogP contribution >= 0.6 is 15.9 Å². The monoisotopic (exact) mass is 351 g/mol. The molecule has 0 bridgehead atoms. The summed E-state index contributed by atoms with van der Waals surface area (Å²) in [5.74, 6) is 1.85. The van der Waals surface area contributed by atoms with Gasteiger partial charge in [-0.15, -0.1) is 0 Å². The normalized spacial score (nSPS) is 12.9. The molecule has 1 atom stereocenters. The van der Waals surface area contributed by atoms with Crippen LogP contribution in [0.5, 0.6) is 0 Å². The lowest BCUT2D eigenvalue weighted by molar-refractivity contribution is 0.329. The smallest absolute Gasteiger partial charge is 0.228 e. The van der Waals surface area contributed by atoms with Gasteiger partial charge < -0.3 is 9.84 Å². The molecule has 5 heteroatoms. The summed E-state index contributed by atoms with van der Waals surface area (Å²) < 4.78 is 6.45. The van der Waals surface area contributed by atoms with E-state index < -0.39 is 0 Å². The molecule has 114 valence electrons. The van der Waals surface area contributed by atoms with E-state index in [1.54, 1.807) is 0 Å². The Morgan fingerprint density at radius 3 is 2.71 bits per heavy atom. The van der Waals surface area contributed by atoms with Gasteiger partial charge in [-0.05, 0) is 31.0 Å². The molecule has 1 aromatic carbocycles. The van der Waals surface area contributed by atoms with Crippen molar-refractivity contribution in [2.24, 2.45) is 5.92 Å². The van der Waals surface area contributed by atoms with E-state index in [1.807, 2.05) is 18.2 Å². The van der Waals surface area contributed by atoms with E-state index in [-0.39, 0.29) is 0 Å². The highest BCUT2D eigenvalue weighted by atomic mass is 79.9. The Morgan fingerprint density at radius 1 is 1.33 bits per heavy atom. The highest BCUT2D eigenvalue weighted by molar-refractivity contribution is 9.10. The molecule has 0 spiro atoms. The predicted octanol–water partition coefficient (Wildman–Crippen LogP) is 3.98. The quantitative estimate of drug-likeness (QED) is 0.854. The summed E-state index contributed by atoms with van der Waals surface area (Å²) in [5, 5.41) is 7.56. The minimum Gasteiger partial charge on any atom is -0.339 e. The third-order valence-corrected chi connectivity index (χ3v) is 4.42. The molecule has 2 aromatic rings. The van der Waals surface area contributed by atoms with Crippen molar-refractivity contribution in [3.8, 4) is 11.4 Å². The first kappa shape index (κ1) is 16.2. The molecule has 4 nitrogen and oxygen atoms in total. The van der Waals surface area contributed by atoms with E-state index in [2.05, 4.69) is 59.1 Å². The van der Waals surface area contributed by atoms with Gasteiger partial charge >= 0.3 is 0 Å². The Hall–Kier alpha value is -1.20. The van der Waals surface area contributed by atoms with Crippen molar-refractivity contribution < 1.29 is 4.52 Å². The van der Waals surface area contributed by atoms with E-state index in [1.165, 1.54) is 5.56 Å². The number of likely N-dealkylation sites (N-methyl/N-ethyl adjacent to an activating group) is 1. The van der Waals surface area contributed by atoms with Crippen molar-refractivity contribution in [2.45, 2.75) is 40.2 Å². The van der Waals surface area contributed by atoms with E-state index >= 15 is 0 Å². The van der Waals surface area contributed by atoms with Gasteiger partial charge in [0.25, 0.3) is 0 Å². The van der Waals surface area contributed by atoms with Gasteiger partial charge in [-0.25, -0.2) is 0 Å². The topological polar surface area (TPSA) is 51.0 Å². The lowest BCUT2D eigenvalue weighted by atomic mass is 10.0. The Bertz CT molecular complexity index is 595. The lowest BCUT2D eigenvalue weighted by Gasteiger charge is -2.19. The predicted molar refractivity (Wildman–Crippen MR) is 88.2 cm³/mol. The average molecular weight is 352 g/mol. The summed E-state index contributed by atoms with van der Waals surface area (Å²) in [6, 6.07) is 6.44. The van der Waals surface area contributed by atoms with Crippen molar-refractivity contribution in [2.75, 3.05) is 6.54 Å². The largest absolute Gasteiger partial charge is 0.339 e. The van der Waals surface area contributed by atoms with Gasteiger partial charge in [-0.2, -0.15) is 4.98 Å². The zero-order valence-electron chi connectivity index (χ0n) is 13.0. The highest BCUT2D eigenvalue weighted by Crippen LogP contribution is 2.24. The molecular formula is C16H22BrN3O. The zero-order valence-corrected chi connectivity index (χ0v) is 14.6. The summed E-state index contributed by atoms with van der Waals surface area (Å²) >= 11 is 3.53. The SMILES string of the molecule is CCNC(Cc1nc(-c2ccc(C)c(Br)c2)no1)C(C)C. The molecule has 0 aliphatic rings. The van der Waals surface area contributed by atoms with Gasteiger partial charge in [0.05, 0.1) is 0 Å². The maximum absolute atomic E-state index is 5.40. The summed E-state index contributed by atoms with van der Waals surface area (Å²) in [5.41, 5.74) is 2.15. The van der Waals surface area contributed by atoms with Crippen LogP contribution in [-0.2, 0) is 6.42 Å². The number of halogens is 1. The van der Waals surface area contributed by atoms with Crippen LogP contribution in [0.2, 0.25) is 0 Å². The Labute approximate surface area is 134 Å². The number of rotatable bonds is 6. The number of aryl methyl sites for hydroxylation is 1. The third-order valence-electron chi connectivity index (χ3n) is 3.56. The Morgan fingerprint density at radius 2 is 2.10 bits per heavy atom. The molecular weight excluding hydrogens is 330 g/mol. The van der Waals surface area contributed by atoms with E-state index in [4.69, 9.17) is 4.52 Å². The molecule has 1 N–H and O–H groups in total. The summed E-state index contributed by atoms with van der Waals surface area (Å²) in [7, 11) is 0. The third kappa shape index (κ3) is 4.14. The van der Waals surface area contributed by atoms with Crippen LogP contribution in [0.3, 0.4) is 0 Å². The van der Waals surface area contributed by atoms with Crippen molar-refractivity contribution in [3.63, 3.8) is 0 Å². The van der Waals surface area contributed by atoms with Crippen LogP contribution in [0.4, 0.5) is 0 Å². The second-order valence-electron chi connectivity index (χ2n) is 5.59. The standard InChI is InChI=1S/C16H22BrN3O/c1-5-18-14(10(2)3)9-15-19-16(20-21-15)12-7-6-11(4)13(17)8-12/h6-8,10,14,18H,5,9H2,1-4H3.